The van der Waals surface area contributed by atoms with Gasteiger partial charge in [-0.05, 0) is 74.9 Å². The Morgan fingerprint density at radius 2 is 1.81 bits per heavy atom. The molecule has 0 aliphatic heterocycles. The van der Waals surface area contributed by atoms with Crippen LogP contribution in [0.25, 0.3) is 11.6 Å². The van der Waals surface area contributed by atoms with Gasteiger partial charge in [-0.15, -0.1) is 10.2 Å². The molecule has 2 N–H and O–H groups in total. The van der Waals surface area contributed by atoms with E-state index >= 15 is 4.39 Å². The maximum absolute atomic E-state index is 15.1. The number of anilines is 1. The number of furan rings is 1. The quantitative estimate of drug-likeness (QED) is 0.391. The molecule has 2 heterocycles. The van der Waals surface area contributed by atoms with E-state index in [1.165, 1.54) is 42.5 Å². The number of nitrogens with zero attached hydrogens (tertiary/aromatic N) is 5. The second-order valence-electron chi connectivity index (χ2n) is 9.50. The zero-order valence-corrected chi connectivity index (χ0v) is 20.8. The average Bonchev–Trinajstić information content (AvgIpc) is 3.46. The number of benzene rings is 2. The van der Waals surface area contributed by atoms with Crippen LogP contribution >= 0.6 is 0 Å². The molecule has 0 saturated heterocycles. The second kappa shape index (κ2) is 10.2. The number of phenols is 1. The molecule has 0 unspecified atom stereocenters. The number of aromatic nitrogens is 4. The monoisotopic (exact) mass is 506 g/mol. The second-order valence-corrected chi connectivity index (χ2v) is 9.50. The van der Waals surface area contributed by atoms with Gasteiger partial charge in [-0.3, -0.25) is 14.5 Å². The van der Waals surface area contributed by atoms with Gasteiger partial charge in [0, 0.05) is 5.54 Å². The Morgan fingerprint density at radius 1 is 1.11 bits per heavy atom. The number of rotatable bonds is 7. The molecule has 11 heteroatoms. The summed E-state index contributed by atoms with van der Waals surface area (Å²) >= 11 is 0. The van der Waals surface area contributed by atoms with Crippen LogP contribution in [0.3, 0.4) is 0 Å². The van der Waals surface area contributed by atoms with Crippen molar-refractivity contribution in [1.82, 2.24) is 25.5 Å². The number of carbonyl (C=O) groups excluding carboxylic acids is 2. The molecule has 2 aromatic carbocycles. The van der Waals surface area contributed by atoms with Crippen LogP contribution in [0.4, 0.5) is 10.1 Å². The SMILES string of the molecule is Cc1ccc(-c2nnn(CC(=O)N(c3ccccc3F)[C@H](C(=O)NC(C)(C)C)c3ccc(O)cc3)n2)o1. The molecule has 4 rings (SSSR count). The lowest BCUT2D eigenvalue weighted by atomic mass is 10.0. The molecule has 4 aromatic rings. The van der Waals surface area contributed by atoms with E-state index in [4.69, 9.17) is 4.42 Å². The average molecular weight is 507 g/mol. The molecule has 10 nitrogen and oxygen atoms in total. The third-order valence-corrected chi connectivity index (χ3v) is 5.28. The number of phenolic OH excluding ortho intramolecular Hbond substituents is 1. The minimum atomic E-state index is -1.26. The number of halogens is 1. The van der Waals surface area contributed by atoms with Crippen LogP contribution in [-0.2, 0) is 16.1 Å². The fourth-order valence-corrected chi connectivity index (χ4v) is 3.74. The van der Waals surface area contributed by atoms with E-state index in [-0.39, 0.29) is 17.3 Å². The largest absolute Gasteiger partial charge is 0.508 e. The van der Waals surface area contributed by atoms with Crippen LogP contribution in [0.5, 0.6) is 5.75 Å². The van der Waals surface area contributed by atoms with Crippen molar-refractivity contribution in [2.24, 2.45) is 0 Å². The summed E-state index contributed by atoms with van der Waals surface area (Å²) in [4.78, 5) is 29.4. The summed E-state index contributed by atoms with van der Waals surface area (Å²) in [5, 5.41) is 24.7. The molecule has 0 fully saturated rings. The van der Waals surface area contributed by atoms with Crippen molar-refractivity contribution in [3.8, 4) is 17.3 Å². The third-order valence-electron chi connectivity index (χ3n) is 5.28. The number of amides is 2. The summed E-state index contributed by atoms with van der Waals surface area (Å²) in [6, 6.07) is 13.7. The van der Waals surface area contributed by atoms with Crippen LogP contribution in [0.2, 0.25) is 0 Å². The number of aryl methyl sites for hydroxylation is 1. The van der Waals surface area contributed by atoms with Gasteiger partial charge in [0.25, 0.3) is 5.91 Å². The van der Waals surface area contributed by atoms with Crippen LogP contribution in [-0.4, -0.2) is 42.7 Å². The van der Waals surface area contributed by atoms with E-state index in [0.717, 1.165) is 9.70 Å². The molecule has 2 amide bonds. The highest BCUT2D eigenvalue weighted by molar-refractivity contribution is 6.01. The number of tetrazole rings is 1. The minimum Gasteiger partial charge on any atom is -0.508 e. The Labute approximate surface area is 212 Å². The Hall–Kier alpha value is -4.54. The Bertz CT molecular complexity index is 1410. The standard InChI is InChI=1S/C26H27FN6O4/c1-16-9-14-21(37-16)24-29-31-32(30-24)15-22(35)33(20-8-6-5-7-19(20)27)23(25(36)28-26(2,3)4)17-10-12-18(34)13-11-17/h5-14,23,34H,15H2,1-4H3,(H,28,36)/t23-/m0/s1. The van der Waals surface area contributed by atoms with Gasteiger partial charge in [0.15, 0.2) is 5.76 Å². The van der Waals surface area contributed by atoms with Crippen LogP contribution < -0.4 is 10.2 Å². The molecule has 0 radical (unpaired) electrons. The van der Waals surface area contributed by atoms with Crippen molar-refractivity contribution in [2.75, 3.05) is 4.90 Å². The van der Waals surface area contributed by atoms with E-state index in [1.807, 2.05) is 0 Å². The zero-order chi connectivity index (χ0) is 26.7. The number of hydrogen-bond acceptors (Lipinski definition) is 7. The summed E-state index contributed by atoms with van der Waals surface area (Å²) in [5.74, 6) is -0.682. The summed E-state index contributed by atoms with van der Waals surface area (Å²) in [7, 11) is 0. The maximum atomic E-state index is 15.1. The van der Waals surface area contributed by atoms with Crippen LogP contribution in [0, 0.1) is 12.7 Å². The zero-order valence-electron chi connectivity index (χ0n) is 20.8. The Kier molecular flexibility index (Phi) is 7.05. The predicted molar refractivity (Wildman–Crippen MR) is 133 cm³/mol. The lowest BCUT2D eigenvalue weighted by Crippen LogP contribution is -2.50. The number of nitrogens with one attached hydrogen (secondary N) is 1. The predicted octanol–water partition coefficient (Wildman–Crippen LogP) is 3.78. The Balaban J connectivity index is 1.76. The normalized spacial score (nSPS) is 12.2. The molecule has 1 atom stereocenters. The number of hydrogen-bond donors (Lipinski definition) is 2. The van der Waals surface area contributed by atoms with Gasteiger partial charge in [0.1, 0.15) is 29.9 Å². The fraction of sp³-hybridized carbons (Fsp3) is 0.269. The summed E-state index contributed by atoms with van der Waals surface area (Å²) in [5.41, 5.74) is -0.370. The summed E-state index contributed by atoms with van der Waals surface area (Å²) < 4.78 is 20.6. The molecule has 0 saturated carbocycles. The molecular formula is C26H27FN6O4. The van der Waals surface area contributed by atoms with Crippen molar-refractivity contribution in [3.63, 3.8) is 0 Å². The Morgan fingerprint density at radius 3 is 2.43 bits per heavy atom. The molecule has 0 spiro atoms. The minimum absolute atomic E-state index is 0.0185. The third kappa shape index (κ3) is 6.00. The van der Waals surface area contributed by atoms with Crippen molar-refractivity contribution in [1.29, 1.82) is 0 Å². The first-order valence-electron chi connectivity index (χ1n) is 11.5. The summed E-state index contributed by atoms with van der Waals surface area (Å²) in [6.45, 7) is 6.73. The highest BCUT2D eigenvalue weighted by Crippen LogP contribution is 2.31. The van der Waals surface area contributed by atoms with Crippen molar-refractivity contribution < 1.29 is 23.5 Å². The summed E-state index contributed by atoms with van der Waals surface area (Å²) in [6.07, 6.45) is 0. The van der Waals surface area contributed by atoms with Gasteiger partial charge in [-0.2, -0.15) is 4.80 Å². The van der Waals surface area contributed by atoms with E-state index in [2.05, 4.69) is 20.7 Å². The van der Waals surface area contributed by atoms with Gasteiger partial charge < -0.3 is 14.8 Å². The highest BCUT2D eigenvalue weighted by Gasteiger charge is 2.36. The molecule has 37 heavy (non-hydrogen) atoms. The van der Waals surface area contributed by atoms with Gasteiger partial charge in [-0.25, -0.2) is 4.39 Å². The molecule has 2 aromatic heterocycles. The lowest BCUT2D eigenvalue weighted by Gasteiger charge is -2.33. The number of carbonyl (C=O) groups is 2. The van der Waals surface area contributed by atoms with Gasteiger partial charge in [0.2, 0.25) is 11.7 Å². The number of para-hydroxylation sites is 1. The first kappa shape index (κ1) is 25.5. The fourth-order valence-electron chi connectivity index (χ4n) is 3.74. The molecule has 0 aliphatic rings. The molecular weight excluding hydrogens is 479 g/mol. The first-order chi connectivity index (χ1) is 17.5. The molecule has 0 bridgehead atoms. The van der Waals surface area contributed by atoms with E-state index in [1.54, 1.807) is 45.9 Å². The number of aromatic hydroxyl groups is 1. The highest BCUT2D eigenvalue weighted by atomic mass is 19.1. The molecule has 0 aliphatic carbocycles. The maximum Gasteiger partial charge on any atom is 0.251 e. The topological polar surface area (TPSA) is 126 Å². The van der Waals surface area contributed by atoms with Crippen LogP contribution in [0.15, 0.2) is 65.1 Å². The van der Waals surface area contributed by atoms with E-state index in [0.29, 0.717) is 17.1 Å². The first-order valence-corrected chi connectivity index (χ1v) is 11.5. The van der Waals surface area contributed by atoms with Gasteiger partial charge in [-0.1, -0.05) is 24.3 Å². The van der Waals surface area contributed by atoms with Crippen molar-refractivity contribution in [2.45, 2.75) is 45.8 Å². The smallest absolute Gasteiger partial charge is 0.251 e. The van der Waals surface area contributed by atoms with Gasteiger partial charge in [0.05, 0.1) is 5.69 Å². The van der Waals surface area contributed by atoms with Gasteiger partial charge >= 0.3 is 0 Å². The van der Waals surface area contributed by atoms with Crippen LogP contribution in [0.1, 0.15) is 38.1 Å². The lowest BCUT2D eigenvalue weighted by molar-refractivity contribution is -0.128. The van der Waals surface area contributed by atoms with E-state index < -0.39 is 35.8 Å². The molecule has 192 valence electrons. The van der Waals surface area contributed by atoms with E-state index in [9.17, 15) is 14.7 Å². The van der Waals surface area contributed by atoms with Crippen molar-refractivity contribution in [3.05, 3.63) is 77.8 Å². The van der Waals surface area contributed by atoms with Crippen molar-refractivity contribution >= 4 is 17.5 Å².